The molecule has 0 atom stereocenters. The molecule has 2 fully saturated rings. The van der Waals surface area contributed by atoms with Gasteiger partial charge in [0.05, 0.1) is 22.4 Å². The number of halogens is 1. The molecule has 1 aliphatic carbocycles. The number of rotatable bonds is 7. The first-order valence-electron chi connectivity index (χ1n) is 13.9. The first-order chi connectivity index (χ1) is 19.5. The Balaban J connectivity index is 1.31. The fraction of sp³-hybridized carbons (Fsp3) is 0.323. The average molecular weight is 554 g/mol. The molecule has 9 heteroatoms. The summed E-state index contributed by atoms with van der Waals surface area (Å²) in [7, 11) is 4.34. The van der Waals surface area contributed by atoms with Crippen molar-refractivity contribution in [3.63, 3.8) is 0 Å². The lowest BCUT2D eigenvalue weighted by Crippen LogP contribution is -2.42. The number of piperidine rings is 1. The van der Waals surface area contributed by atoms with E-state index >= 15 is 0 Å². The molecule has 0 amide bonds. The van der Waals surface area contributed by atoms with E-state index in [0.29, 0.717) is 12.1 Å². The first kappa shape index (κ1) is 25.2. The van der Waals surface area contributed by atoms with Crippen molar-refractivity contribution in [3.8, 4) is 22.0 Å². The van der Waals surface area contributed by atoms with Crippen LogP contribution >= 0.6 is 11.3 Å². The molecule has 0 bridgehead atoms. The standard InChI is InChI=1S/C31H32FN7S/c1-37(2)23-14-16-38(17-15-23)27-19-28-26(33-29(39(28)24-12-13-24)20-8-10-22(32)11-9-20)18-25(27)34-31-36-35-30(40-31)21-6-4-3-5-7-21/h3-11,18-19,23-24H,12-17H2,1-2H3,(H,34,36). The van der Waals surface area contributed by atoms with E-state index in [9.17, 15) is 4.39 Å². The predicted octanol–water partition coefficient (Wildman–Crippen LogP) is 6.97. The SMILES string of the molecule is CN(C)C1CCN(c2cc3c(cc2Nc2nnc(-c4ccccc4)s2)nc(-c2ccc(F)cc2)n3C2CC2)CC1. The van der Waals surface area contributed by atoms with Crippen LogP contribution in [-0.2, 0) is 0 Å². The van der Waals surface area contributed by atoms with Gasteiger partial charge in [0.1, 0.15) is 16.6 Å². The summed E-state index contributed by atoms with van der Waals surface area (Å²) in [5.74, 6) is 0.661. The third-order valence-electron chi connectivity index (χ3n) is 8.04. The molecule has 3 heterocycles. The molecule has 3 aromatic carbocycles. The molecule has 40 heavy (non-hydrogen) atoms. The van der Waals surface area contributed by atoms with Crippen LogP contribution in [0.25, 0.3) is 33.0 Å². The summed E-state index contributed by atoms with van der Waals surface area (Å²) in [6.45, 7) is 1.97. The molecule has 1 saturated carbocycles. The number of nitrogens with zero attached hydrogens (tertiary/aromatic N) is 6. The number of nitrogens with one attached hydrogen (secondary N) is 1. The molecule has 0 unspecified atom stereocenters. The largest absolute Gasteiger partial charge is 0.370 e. The van der Waals surface area contributed by atoms with Crippen LogP contribution < -0.4 is 10.2 Å². The molecule has 2 aromatic heterocycles. The zero-order valence-electron chi connectivity index (χ0n) is 22.7. The maximum Gasteiger partial charge on any atom is 0.210 e. The summed E-state index contributed by atoms with van der Waals surface area (Å²) in [4.78, 5) is 9.92. The Kier molecular flexibility index (Phi) is 6.48. The summed E-state index contributed by atoms with van der Waals surface area (Å²) in [6, 6.07) is 22.3. The fourth-order valence-electron chi connectivity index (χ4n) is 5.71. The Morgan fingerprint density at radius 1 is 0.900 bits per heavy atom. The monoisotopic (exact) mass is 553 g/mol. The number of hydrogen-bond acceptors (Lipinski definition) is 7. The average Bonchev–Trinajstić information content (AvgIpc) is 3.59. The minimum Gasteiger partial charge on any atom is -0.370 e. The maximum absolute atomic E-state index is 13.7. The van der Waals surface area contributed by atoms with Crippen molar-refractivity contribution >= 4 is 38.9 Å². The smallest absolute Gasteiger partial charge is 0.210 e. The molecular weight excluding hydrogens is 521 g/mol. The van der Waals surface area contributed by atoms with Crippen molar-refractivity contribution in [2.24, 2.45) is 0 Å². The summed E-state index contributed by atoms with van der Waals surface area (Å²) in [5, 5.41) is 14.2. The number of fused-ring (bicyclic) bond motifs is 1. The van der Waals surface area contributed by atoms with Crippen molar-refractivity contribution in [2.75, 3.05) is 37.4 Å². The number of benzene rings is 3. The van der Waals surface area contributed by atoms with Gasteiger partial charge < -0.3 is 19.7 Å². The second-order valence-electron chi connectivity index (χ2n) is 11.0. The second kappa shape index (κ2) is 10.3. The van der Waals surface area contributed by atoms with Gasteiger partial charge in [0, 0.05) is 36.3 Å². The Morgan fingerprint density at radius 3 is 2.35 bits per heavy atom. The Labute approximate surface area is 237 Å². The molecular formula is C31H32FN7S. The van der Waals surface area contributed by atoms with Gasteiger partial charge in [-0.05, 0) is 76.2 Å². The number of hydrogen-bond donors (Lipinski definition) is 1. The quantitative estimate of drug-likeness (QED) is 0.235. The van der Waals surface area contributed by atoms with Crippen LogP contribution in [0.1, 0.15) is 31.7 Å². The van der Waals surface area contributed by atoms with E-state index in [1.165, 1.54) is 12.1 Å². The predicted molar refractivity (Wildman–Crippen MR) is 161 cm³/mol. The maximum atomic E-state index is 13.7. The molecule has 0 radical (unpaired) electrons. The normalized spacial score (nSPS) is 16.2. The Bertz CT molecular complexity index is 1630. The number of aromatic nitrogens is 4. The molecule has 1 aliphatic heterocycles. The highest BCUT2D eigenvalue weighted by molar-refractivity contribution is 7.18. The Hall–Kier alpha value is -3.82. The van der Waals surface area contributed by atoms with Crippen LogP contribution in [0.15, 0.2) is 66.7 Å². The minimum absolute atomic E-state index is 0.236. The van der Waals surface area contributed by atoms with Crippen molar-refractivity contribution < 1.29 is 4.39 Å². The molecule has 7 rings (SSSR count). The van der Waals surface area contributed by atoms with Gasteiger partial charge in [0.2, 0.25) is 5.13 Å². The summed E-state index contributed by atoms with van der Waals surface area (Å²) in [6.07, 6.45) is 4.50. The van der Waals surface area contributed by atoms with Crippen LogP contribution in [0.2, 0.25) is 0 Å². The van der Waals surface area contributed by atoms with E-state index in [2.05, 4.69) is 68.2 Å². The molecule has 0 spiro atoms. The summed E-state index contributed by atoms with van der Waals surface area (Å²) in [5.41, 5.74) is 6.18. The highest BCUT2D eigenvalue weighted by Gasteiger charge is 2.30. The lowest BCUT2D eigenvalue weighted by atomic mass is 10.0. The molecule has 204 valence electrons. The Morgan fingerprint density at radius 2 is 1.65 bits per heavy atom. The van der Waals surface area contributed by atoms with Crippen molar-refractivity contribution in [2.45, 2.75) is 37.8 Å². The van der Waals surface area contributed by atoms with Crippen LogP contribution in [0.4, 0.5) is 20.9 Å². The van der Waals surface area contributed by atoms with Crippen molar-refractivity contribution in [3.05, 3.63) is 72.5 Å². The van der Waals surface area contributed by atoms with Crippen molar-refractivity contribution in [1.82, 2.24) is 24.6 Å². The van der Waals surface area contributed by atoms with E-state index in [1.807, 2.05) is 30.3 Å². The lowest BCUT2D eigenvalue weighted by Gasteiger charge is -2.37. The topological polar surface area (TPSA) is 62.1 Å². The lowest BCUT2D eigenvalue weighted by molar-refractivity contribution is 0.250. The molecule has 2 aliphatic rings. The van der Waals surface area contributed by atoms with Crippen LogP contribution in [0.5, 0.6) is 0 Å². The molecule has 1 N–H and O–H groups in total. The van der Waals surface area contributed by atoms with Crippen LogP contribution in [0, 0.1) is 5.82 Å². The highest BCUT2D eigenvalue weighted by atomic mass is 32.1. The van der Waals surface area contributed by atoms with E-state index in [0.717, 1.165) is 88.3 Å². The molecule has 7 nitrogen and oxygen atoms in total. The van der Waals surface area contributed by atoms with Gasteiger partial charge in [0.15, 0.2) is 0 Å². The zero-order valence-corrected chi connectivity index (χ0v) is 23.5. The van der Waals surface area contributed by atoms with E-state index < -0.39 is 0 Å². The number of anilines is 3. The third-order valence-corrected chi connectivity index (χ3v) is 8.93. The van der Waals surface area contributed by atoms with Gasteiger partial charge in [-0.3, -0.25) is 0 Å². The van der Waals surface area contributed by atoms with Gasteiger partial charge in [-0.1, -0.05) is 41.7 Å². The second-order valence-corrected chi connectivity index (χ2v) is 12.0. The first-order valence-corrected chi connectivity index (χ1v) is 14.7. The van der Waals surface area contributed by atoms with Gasteiger partial charge in [0.25, 0.3) is 0 Å². The van der Waals surface area contributed by atoms with Crippen LogP contribution in [0.3, 0.4) is 0 Å². The van der Waals surface area contributed by atoms with E-state index in [4.69, 9.17) is 4.98 Å². The fourth-order valence-corrected chi connectivity index (χ4v) is 6.47. The van der Waals surface area contributed by atoms with Crippen molar-refractivity contribution in [1.29, 1.82) is 0 Å². The summed E-state index contributed by atoms with van der Waals surface area (Å²) < 4.78 is 16.1. The van der Waals surface area contributed by atoms with Gasteiger partial charge >= 0.3 is 0 Å². The molecule has 5 aromatic rings. The highest BCUT2D eigenvalue weighted by Crippen LogP contribution is 2.44. The number of imidazole rings is 1. The molecule has 1 saturated heterocycles. The van der Waals surface area contributed by atoms with E-state index in [-0.39, 0.29) is 5.82 Å². The minimum atomic E-state index is -0.236. The van der Waals surface area contributed by atoms with Crippen LogP contribution in [-0.4, -0.2) is 57.9 Å². The summed E-state index contributed by atoms with van der Waals surface area (Å²) >= 11 is 1.55. The van der Waals surface area contributed by atoms with Gasteiger partial charge in [-0.2, -0.15) is 0 Å². The zero-order chi connectivity index (χ0) is 27.2. The van der Waals surface area contributed by atoms with E-state index in [1.54, 1.807) is 11.3 Å². The van der Waals surface area contributed by atoms with Gasteiger partial charge in [-0.25, -0.2) is 9.37 Å². The third kappa shape index (κ3) is 4.84. The van der Waals surface area contributed by atoms with Gasteiger partial charge in [-0.15, -0.1) is 10.2 Å².